The zero-order chi connectivity index (χ0) is 12.4. The molecule has 0 aromatic carbocycles. The third kappa shape index (κ3) is 2.01. The number of aryl methyl sites for hydroxylation is 1. The molecule has 0 amide bonds. The zero-order valence-electron chi connectivity index (χ0n) is 9.09. The average molecular weight is 235 g/mol. The third-order valence-electron chi connectivity index (χ3n) is 2.33. The molecule has 0 aliphatic rings. The highest BCUT2D eigenvalue weighted by Crippen LogP contribution is 2.15. The molecule has 88 valence electrons. The number of carboxylic acids is 1. The van der Waals surface area contributed by atoms with E-state index in [1.54, 1.807) is 17.0 Å². The van der Waals surface area contributed by atoms with E-state index in [0.717, 1.165) is 12.3 Å². The van der Waals surface area contributed by atoms with Crippen LogP contribution in [-0.4, -0.2) is 25.6 Å². The van der Waals surface area contributed by atoms with Gasteiger partial charge in [-0.05, 0) is 6.07 Å². The number of halogens is 1. The first-order valence-corrected chi connectivity index (χ1v) is 5.05. The first-order valence-electron chi connectivity index (χ1n) is 5.05. The standard InChI is InChI=1S/C11H10FN3O2/c1-2-9-13-3-4-15(9)10-8(11(16)17)5-7(12)6-14-10/h3-6H,2H2,1H3,(H,16,17). The summed E-state index contributed by atoms with van der Waals surface area (Å²) in [4.78, 5) is 18.9. The third-order valence-corrected chi connectivity index (χ3v) is 2.33. The highest BCUT2D eigenvalue weighted by molar-refractivity contribution is 5.91. The van der Waals surface area contributed by atoms with Crippen LogP contribution in [0.25, 0.3) is 5.82 Å². The fraction of sp³-hybridized carbons (Fsp3) is 0.182. The van der Waals surface area contributed by atoms with Gasteiger partial charge in [0.15, 0.2) is 5.82 Å². The summed E-state index contributed by atoms with van der Waals surface area (Å²) in [6.07, 6.45) is 4.77. The lowest BCUT2D eigenvalue weighted by molar-refractivity contribution is 0.0696. The van der Waals surface area contributed by atoms with E-state index in [1.165, 1.54) is 0 Å². The number of nitrogens with zero attached hydrogens (tertiary/aromatic N) is 3. The lowest BCUT2D eigenvalue weighted by Crippen LogP contribution is -2.10. The van der Waals surface area contributed by atoms with Crippen molar-refractivity contribution in [1.82, 2.24) is 14.5 Å². The SMILES string of the molecule is CCc1nccn1-c1ncc(F)cc1C(=O)O. The number of hydrogen-bond donors (Lipinski definition) is 1. The average Bonchev–Trinajstić information content (AvgIpc) is 2.76. The molecule has 0 atom stereocenters. The van der Waals surface area contributed by atoms with Crippen LogP contribution in [0.5, 0.6) is 0 Å². The smallest absolute Gasteiger partial charge is 0.339 e. The van der Waals surface area contributed by atoms with Gasteiger partial charge in [-0.25, -0.2) is 19.2 Å². The summed E-state index contributed by atoms with van der Waals surface area (Å²) in [6.45, 7) is 1.89. The van der Waals surface area contributed by atoms with Crippen molar-refractivity contribution in [2.24, 2.45) is 0 Å². The molecule has 0 saturated heterocycles. The van der Waals surface area contributed by atoms with Gasteiger partial charge in [-0.15, -0.1) is 0 Å². The van der Waals surface area contributed by atoms with Crippen molar-refractivity contribution in [2.75, 3.05) is 0 Å². The molecule has 0 fully saturated rings. The minimum Gasteiger partial charge on any atom is -0.478 e. The quantitative estimate of drug-likeness (QED) is 0.878. The molecule has 0 aliphatic heterocycles. The Morgan fingerprint density at radius 3 is 2.94 bits per heavy atom. The predicted octanol–water partition coefficient (Wildman–Crippen LogP) is 1.67. The van der Waals surface area contributed by atoms with Crippen molar-refractivity contribution in [1.29, 1.82) is 0 Å². The molecule has 0 spiro atoms. The molecule has 0 radical (unpaired) electrons. The molecule has 0 saturated carbocycles. The van der Waals surface area contributed by atoms with Crippen LogP contribution in [0.2, 0.25) is 0 Å². The molecule has 0 unspecified atom stereocenters. The van der Waals surface area contributed by atoms with Crippen LogP contribution in [0.1, 0.15) is 23.1 Å². The normalized spacial score (nSPS) is 10.5. The van der Waals surface area contributed by atoms with E-state index >= 15 is 0 Å². The van der Waals surface area contributed by atoms with Crippen LogP contribution in [0.4, 0.5) is 4.39 Å². The minimum absolute atomic E-state index is 0.174. The van der Waals surface area contributed by atoms with Crippen LogP contribution < -0.4 is 0 Å². The van der Waals surface area contributed by atoms with E-state index in [1.807, 2.05) is 6.92 Å². The number of carbonyl (C=O) groups is 1. The van der Waals surface area contributed by atoms with Crippen LogP contribution >= 0.6 is 0 Å². The topological polar surface area (TPSA) is 68.0 Å². The Kier molecular flexibility index (Phi) is 2.86. The first-order chi connectivity index (χ1) is 8.13. The fourth-order valence-electron chi connectivity index (χ4n) is 1.57. The summed E-state index contributed by atoms with van der Waals surface area (Å²) in [5.41, 5.74) is -0.183. The van der Waals surface area contributed by atoms with E-state index in [4.69, 9.17) is 5.11 Å². The van der Waals surface area contributed by atoms with Crippen molar-refractivity contribution in [2.45, 2.75) is 13.3 Å². The first kappa shape index (κ1) is 11.3. The number of imidazole rings is 1. The Balaban J connectivity index is 2.63. The summed E-state index contributed by atoms with van der Waals surface area (Å²) in [7, 11) is 0. The van der Waals surface area contributed by atoms with Gasteiger partial charge < -0.3 is 5.11 Å². The van der Waals surface area contributed by atoms with Crippen molar-refractivity contribution in [3.05, 3.63) is 41.9 Å². The second kappa shape index (κ2) is 4.32. The van der Waals surface area contributed by atoms with Crippen LogP contribution in [-0.2, 0) is 6.42 Å². The number of rotatable bonds is 3. The lowest BCUT2D eigenvalue weighted by Gasteiger charge is -2.08. The Morgan fingerprint density at radius 2 is 2.29 bits per heavy atom. The zero-order valence-corrected chi connectivity index (χ0v) is 9.09. The highest BCUT2D eigenvalue weighted by atomic mass is 19.1. The van der Waals surface area contributed by atoms with Crippen molar-refractivity contribution < 1.29 is 14.3 Å². The Bertz CT molecular complexity index is 566. The molecule has 0 bridgehead atoms. The van der Waals surface area contributed by atoms with E-state index in [-0.39, 0.29) is 11.4 Å². The molecular formula is C11H10FN3O2. The van der Waals surface area contributed by atoms with Gasteiger partial charge in [0.25, 0.3) is 0 Å². The van der Waals surface area contributed by atoms with Gasteiger partial charge in [0.05, 0.1) is 6.20 Å². The Morgan fingerprint density at radius 1 is 1.53 bits per heavy atom. The van der Waals surface area contributed by atoms with E-state index in [0.29, 0.717) is 12.2 Å². The van der Waals surface area contributed by atoms with Crippen LogP contribution in [0.3, 0.4) is 0 Å². The van der Waals surface area contributed by atoms with Gasteiger partial charge >= 0.3 is 5.97 Å². The monoisotopic (exact) mass is 235 g/mol. The lowest BCUT2D eigenvalue weighted by atomic mass is 10.2. The molecule has 0 aliphatic carbocycles. The second-order valence-corrected chi connectivity index (χ2v) is 3.40. The van der Waals surface area contributed by atoms with Crippen molar-refractivity contribution >= 4 is 5.97 Å². The largest absolute Gasteiger partial charge is 0.478 e. The molecule has 2 rings (SSSR count). The predicted molar refractivity (Wildman–Crippen MR) is 57.7 cm³/mol. The van der Waals surface area contributed by atoms with Gasteiger partial charge in [-0.2, -0.15) is 0 Å². The van der Waals surface area contributed by atoms with E-state index in [2.05, 4.69) is 9.97 Å². The van der Waals surface area contributed by atoms with E-state index < -0.39 is 11.8 Å². The molecule has 2 heterocycles. The van der Waals surface area contributed by atoms with Gasteiger partial charge in [0, 0.05) is 18.8 Å². The highest BCUT2D eigenvalue weighted by Gasteiger charge is 2.16. The second-order valence-electron chi connectivity index (χ2n) is 3.40. The molecule has 2 aromatic heterocycles. The van der Waals surface area contributed by atoms with Crippen molar-refractivity contribution in [3.63, 3.8) is 0 Å². The summed E-state index contributed by atoms with van der Waals surface area (Å²) >= 11 is 0. The summed E-state index contributed by atoms with van der Waals surface area (Å²) < 4.78 is 14.5. The number of aromatic carboxylic acids is 1. The van der Waals surface area contributed by atoms with E-state index in [9.17, 15) is 9.18 Å². The maximum Gasteiger partial charge on any atom is 0.339 e. The van der Waals surface area contributed by atoms with Crippen LogP contribution in [0, 0.1) is 5.82 Å². The summed E-state index contributed by atoms with van der Waals surface area (Å²) in [6, 6.07) is 0.949. The molecule has 5 nitrogen and oxygen atoms in total. The van der Waals surface area contributed by atoms with Gasteiger partial charge in [-0.1, -0.05) is 6.92 Å². The Labute approximate surface area is 96.6 Å². The van der Waals surface area contributed by atoms with Gasteiger partial charge in [0.2, 0.25) is 0 Å². The summed E-state index contributed by atoms with van der Waals surface area (Å²) in [5, 5.41) is 9.01. The Hall–Kier alpha value is -2.24. The fourth-order valence-corrected chi connectivity index (χ4v) is 1.57. The number of pyridine rings is 1. The molecule has 6 heteroatoms. The number of hydrogen-bond acceptors (Lipinski definition) is 3. The number of aromatic nitrogens is 3. The maximum atomic E-state index is 13.0. The molecular weight excluding hydrogens is 225 g/mol. The van der Waals surface area contributed by atoms with Gasteiger partial charge in [0.1, 0.15) is 17.2 Å². The molecule has 1 N–H and O–H groups in total. The number of carboxylic acid groups (broad SMARTS) is 1. The van der Waals surface area contributed by atoms with Gasteiger partial charge in [-0.3, -0.25) is 4.57 Å². The summed E-state index contributed by atoms with van der Waals surface area (Å²) in [5.74, 6) is -1.05. The van der Waals surface area contributed by atoms with Crippen LogP contribution in [0.15, 0.2) is 24.7 Å². The molecule has 2 aromatic rings. The molecule has 17 heavy (non-hydrogen) atoms. The maximum absolute atomic E-state index is 13.0. The van der Waals surface area contributed by atoms with Crippen molar-refractivity contribution in [3.8, 4) is 5.82 Å². The minimum atomic E-state index is -1.22.